The zero-order valence-electron chi connectivity index (χ0n) is 20.4. The van der Waals surface area contributed by atoms with Gasteiger partial charge in [0.05, 0.1) is 18.2 Å². The monoisotopic (exact) mass is 489 g/mol. The Morgan fingerprint density at radius 1 is 1.11 bits per heavy atom. The van der Waals surface area contributed by atoms with Crippen molar-refractivity contribution in [3.63, 3.8) is 0 Å². The Balaban J connectivity index is 1.58. The van der Waals surface area contributed by atoms with Gasteiger partial charge >= 0.3 is 0 Å². The molecule has 0 spiro atoms. The molecule has 2 aromatic carbocycles. The molecule has 1 aliphatic carbocycles. The van der Waals surface area contributed by atoms with Gasteiger partial charge in [-0.05, 0) is 74.1 Å². The molecule has 1 aliphatic rings. The summed E-state index contributed by atoms with van der Waals surface area (Å²) in [6, 6.07) is 9.82. The lowest BCUT2D eigenvalue weighted by Gasteiger charge is -2.16. The lowest BCUT2D eigenvalue weighted by molar-refractivity contribution is 0.0962. The third-order valence-electron chi connectivity index (χ3n) is 6.49. The fourth-order valence-electron chi connectivity index (χ4n) is 4.65. The van der Waals surface area contributed by atoms with Crippen molar-refractivity contribution >= 4 is 28.6 Å². The highest BCUT2D eigenvalue weighted by Crippen LogP contribution is 2.38. The molecule has 0 unspecified atom stereocenters. The number of aromatic nitrogens is 3. The maximum absolute atomic E-state index is 13.8. The Morgan fingerprint density at radius 2 is 1.92 bits per heavy atom. The van der Waals surface area contributed by atoms with Gasteiger partial charge < -0.3 is 25.1 Å². The van der Waals surface area contributed by atoms with Crippen LogP contribution in [0, 0.1) is 12.7 Å². The number of aromatic amines is 1. The zero-order chi connectivity index (χ0) is 25.2. The van der Waals surface area contributed by atoms with E-state index in [0.717, 1.165) is 47.8 Å². The third kappa shape index (κ3) is 4.56. The quantitative estimate of drug-likeness (QED) is 0.317. The van der Waals surface area contributed by atoms with Crippen molar-refractivity contribution in [3.05, 3.63) is 59.5 Å². The number of H-pyrrole nitrogens is 1. The number of nitrogens with zero attached hydrogens (tertiary/aromatic N) is 2. The second kappa shape index (κ2) is 9.85. The molecular formula is C27H28FN5O3. The normalized spacial score (nSPS) is 13.7. The van der Waals surface area contributed by atoms with E-state index in [1.807, 2.05) is 13.1 Å². The number of methoxy groups -OCH3 is 1. The average Bonchev–Trinajstić information content (AvgIpc) is 3.54. The number of ether oxygens (including phenoxy) is 2. The molecule has 0 bridgehead atoms. The Bertz CT molecular complexity index is 1430. The molecule has 1 fully saturated rings. The van der Waals surface area contributed by atoms with E-state index < -0.39 is 0 Å². The first kappa shape index (κ1) is 23.6. The largest absolute Gasteiger partial charge is 0.495 e. The average molecular weight is 490 g/mol. The van der Waals surface area contributed by atoms with Crippen molar-refractivity contribution in [2.45, 2.75) is 38.7 Å². The van der Waals surface area contributed by atoms with Crippen molar-refractivity contribution in [2.75, 3.05) is 19.5 Å². The number of anilines is 2. The number of benzene rings is 2. The summed E-state index contributed by atoms with van der Waals surface area (Å²) in [7, 11) is 3.11. The van der Waals surface area contributed by atoms with Crippen LogP contribution in [0.4, 0.5) is 16.0 Å². The van der Waals surface area contributed by atoms with Gasteiger partial charge in [-0.2, -0.15) is 9.97 Å². The van der Waals surface area contributed by atoms with Crippen LogP contribution in [0.15, 0.2) is 42.6 Å². The second-order valence-electron chi connectivity index (χ2n) is 8.88. The van der Waals surface area contributed by atoms with E-state index >= 15 is 0 Å². The number of nitrogens with one attached hydrogen (secondary N) is 3. The van der Waals surface area contributed by atoms with E-state index in [4.69, 9.17) is 14.5 Å². The smallest absolute Gasteiger partial charge is 0.251 e. The Morgan fingerprint density at radius 3 is 2.64 bits per heavy atom. The van der Waals surface area contributed by atoms with Crippen molar-refractivity contribution < 1.29 is 18.7 Å². The van der Waals surface area contributed by atoms with Crippen LogP contribution < -0.4 is 20.1 Å². The van der Waals surface area contributed by atoms with E-state index in [2.05, 4.69) is 20.6 Å². The molecule has 0 atom stereocenters. The molecule has 4 aromatic rings. The van der Waals surface area contributed by atoms with Gasteiger partial charge in [-0.15, -0.1) is 0 Å². The topological polar surface area (TPSA) is 101 Å². The van der Waals surface area contributed by atoms with Crippen LogP contribution in [0.5, 0.6) is 11.6 Å². The van der Waals surface area contributed by atoms with E-state index in [0.29, 0.717) is 34.5 Å². The van der Waals surface area contributed by atoms with Crippen LogP contribution in [0.3, 0.4) is 0 Å². The van der Waals surface area contributed by atoms with Crippen LogP contribution in [-0.4, -0.2) is 41.1 Å². The highest BCUT2D eigenvalue weighted by molar-refractivity contribution is 5.99. The SMILES string of the molecule is CNC(=O)c1ccc(Nc2nc(OC3CCCC3)c3c(-c4ccc(F)cc4C)c[nH]c3n2)c(OC)c1. The summed E-state index contributed by atoms with van der Waals surface area (Å²) in [6.07, 6.45) is 6.11. The fraction of sp³-hybridized carbons (Fsp3) is 0.296. The van der Waals surface area contributed by atoms with Gasteiger partial charge in [-0.1, -0.05) is 6.07 Å². The summed E-state index contributed by atoms with van der Waals surface area (Å²) in [5.41, 5.74) is 4.23. The summed E-state index contributed by atoms with van der Waals surface area (Å²) >= 11 is 0. The number of rotatable bonds is 7. The van der Waals surface area contributed by atoms with Gasteiger partial charge in [0.2, 0.25) is 11.8 Å². The van der Waals surface area contributed by atoms with Crippen molar-refractivity contribution in [2.24, 2.45) is 0 Å². The van der Waals surface area contributed by atoms with Gasteiger partial charge in [-0.3, -0.25) is 4.79 Å². The number of hydrogen-bond acceptors (Lipinski definition) is 6. The zero-order valence-corrected chi connectivity index (χ0v) is 20.4. The number of halogens is 1. The van der Waals surface area contributed by atoms with Gasteiger partial charge in [-0.25, -0.2) is 4.39 Å². The number of carbonyl (C=O) groups is 1. The van der Waals surface area contributed by atoms with Crippen LogP contribution in [-0.2, 0) is 0 Å². The third-order valence-corrected chi connectivity index (χ3v) is 6.49. The first-order valence-electron chi connectivity index (χ1n) is 12.0. The van der Waals surface area contributed by atoms with Gasteiger partial charge in [0.15, 0.2) is 0 Å². The van der Waals surface area contributed by atoms with Crippen molar-refractivity contribution in [3.8, 4) is 22.8 Å². The van der Waals surface area contributed by atoms with Crippen molar-refractivity contribution in [1.82, 2.24) is 20.3 Å². The lowest BCUT2D eigenvalue weighted by Crippen LogP contribution is -2.17. The minimum absolute atomic E-state index is 0.0781. The standard InChI is InChI=1S/C27H28FN5O3/c1-15-12-17(28)9-10-19(15)20-14-30-24-23(20)26(36-18-6-4-5-7-18)33-27(32-24)31-21-11-8-16(25(34)29-2)13-22(21)35-3/h8-14,18H,4-7H2,1-3H3,(H,29,34)(H2,30,31,32,33). The molecule has 5 rings (SSSR count). The predicted molar refractivity (Wildman–Crippen MR) is 137 cm³/mol. The maximum atomic E-state index is 13.8. The highest BCUT2D eigenvalue weighted by atomic mass is 19.1. The number of carbonyl (C=O) groups excluding carboxylic acids is 1. The number of aryl methyl sites for hydroxylation is 1. The number of amides is 1. The summed E-state index contributed by atoms with van der Waals surface area (Å²) < 4.78 is 25.7. The molecule has 9 heteroatoms. The van der Waals surface area contributed by atoms with Crippen LogP contribution in [0.1, 0.15) is 41.6 Å². The highest BCUT2D eigenvalue weighted by Gasteiger charge is 2.23. The lowest BCUT2D eigenvalue weighted by atomic mass is 10.0. The van der Waals surface area contributed by atoms with Gasteiger partial charge in [0, 0.05) is 24.4 Å². The molecule has 0 radical (unpaired) electrons. The van der Waals surface area contributed by atoms with E-state index in [1.54, 1.807) is 31.3 Å². The molecule has 1 amide bonds. The summed E-state index contributed by atoms with van der Waals surface area (Å²) in [5.74, 6) is 0.783. The van der Waals surface area contributed by atoms with E-state index in [-0.39, 0.29) is 17.8 Å². The van der Waals surface area contributed by atoms with E-state index in [9.17, 15) is 9.18 Å². The molecule has 2 aromatic heterocycles. The molecule has 0 aliphatic heterocycles. The summed E-state index contributed by atoms with van der Waals surface area (Å²) in [4.78, 5) is 24.7. The van der Waals surface area contributed by atoms with Gasteiger partial charge in [0.1, 0.15) is 23.3 Å². The molecular weight excluding hydrogens is 461 g/mol. The first-order valence-corrected chi connectivity index (χ1v) is 12.0. The fourth-order valence-corrected chi connectivity index (χ4v) is 4.65. The van der Waals surface area contributed by atoms with E-state index in [1.165, 1.54) is 19.2 Å². The van der Waals surface area contributed by atoms with Gasteiger partial charge in [0.25, 0.3) is 5.91 Å². The van der Waals surface area contributed by atoms with Crippen LogP contribution in [0.2, 0.25) is 0 Å². The summed E-state index contributed by atoms with van der Waals surface area (Å²) in [5, 5.41) is 6.56. The molecule has 8 nitrogen and oxygen atoms in total. The minimum Gasteiger partial charge on any atom is -0.495 e. The maximum Gasteiger partial charge on any atom is 0.251 e. The Hall–Kier alpha value is -4.14. The Labute approximate surface area is 208 Å². The first-order chi connectivity index (χ1) is 17.5. The Kier molecular flexibility index (Phi) is 6.45. The molecule has 1 saturated carbocycles. The van der Waals surface area contributed by atoms with Crippen LogP contribution >= 0.6 is 0 Å². The second-order valence-corrected chi connectivity index (χ2v) is 8.88. The minimum atomic E-state index is -0.280. The number of fused-ring (bicyclic) bond motifs is 1. The predicted octanol–water partition coefficient (Wildman–Crippen LogP) is 5.51. The molecule has 2 heterocycles. The van der Waals surface area contributed by atoms with Crippen LogP contribution in [0.25, 0.3) is 22.2 Å². The molecule has 36 heavy (non-hydrogen) atoms. The summed E-state index contributed by atoms with van der Waals surface area (Å²) in [6.45, 7) is 1.88. The molecule has 3 N–H and O–H groups in total. The molecule has 0 saturated heterocycles. The van der Waals surface area contributed by atoms with Crippen molar-refractivity contribution in [1.29, 1.82) is 0 Å². The molecule has 186 valence electrons. The number of hydrogen-bond donors (Lipinski definition) is 3.